The van der Waals surface area contributed by atoms with Crippen LogP contribution in [0.4, 0.5) is 0 Å². The summed E-state index contributed by atoms with van der Waals surface area (Å²) in [5.41, 5.74) is 1.25. The number of rotatable bonds is 2. The van der Waals surface area contributed by atoms with Gasteiger partial charge in [0.15, 0.2) is 5.78 Å². The van der Waals surface area contributed by atoms with Gasteiger partial charge in [-0.2, -0.15) is 0 Å². The summed E-state index contributed by atoms with van der Waals surface area (Å²) in [5, 5.41) is 0. The van der Waals surface area contributed by atoms with Crippen molar-refractivity contribution in [1.29, 1.82) is 0 Å². The van der Waals surface area contributed by atoms with E-state index < -0.39 is 5.41 Å². The Morgan fingerprint density at radius 3 is 2.19 bits per heavy atom. The lowest BCUT2D eigenvalue weighted by Crippen LogP contribution is -2.67. The Morgan fingerprint density at radius 2 is 1.57 bits per heavy atom. The van der Waals surface area contributed by atoms with Crippen molar-refractivity contribution in [3.8, 4) is 0 Å². The molecule has 0 aromatic carbocycles. The maximum absolute atomic E-state index is 14.5. The SMILES string of the molecule is COC(=O)[C@@]1(C)CC[C@]2(C)CC[C@]3(C)C(=CC(=O)[C@H]4[C@@]5(C)CC[C@H](N(C)C)C(C)(C)[C@H]5CC[C@@]43C)[C@H]2C1. The van der Waals surface area contributed by atoms with Gasteiger partial charge in [0.05, 0.1) is 12.5 Å². The second kappa shape index (κ2) is 8.18. The second-order valence-electron chi connectivity index (χ2n) is 16.1. The van der Waals surface area contributed by atoms with E-state index >= 15 is 0 Å². The van der Waals surface area contributed by atoms with Gasteiger partial charge in [0, 0.05) is 12.0 Å². The summed E-state index contributed by atoms with van der Waals surface area (Å²) in [5.74, 6) is 1.21. The molecule has 0 unspecified atom stereocenters. The monoisotopic (exact) mass is 511 g/mol. The molecule has 0 heterocycles. The van der Waals surface area contributed by atoms with Crippen molar-refractivity contribution in [3.63, 3.8) is 0 Å². The predicted octanol–water partition coefficient (Wildman–Crippen LogP) is 7.07. The summed E-state index contributed by atoms with van der Waals surface area (Å²) < 4.78 is 5.28. The van der Waals surface area contributed by atoms with Crippen molar-refractivity contribution in [3.05, 3.63) is 11.6 Å². The fraction of sp³-hybridized carbons (Fsp3) is 0.879. The van der Waals surface area contributed by atoms with Crippen molar-refractivity contribution in [2.45, 2.75) is 112 Å². The van der Waals surface area contributed by atoms with Gasteiger partial charge in [-0.3, -0.25) is 9.59 Å². The van der Waals surface area contributed by atoms with Gasteiger partial charge in [-0.25, -0.2) is 0 Å². The molecule has 0 aromatic heterocycles. The van der Waals surface area contributed by atoms with Gasteiger partial charge in [-0.1, -0.05) is 47.1 Å². The first-order valence-electron chi connectivity index (χ1n) is 15.0. The minimum absolute atomic E-state index is 0.000637. The maximum Gasteiger partial charge on any atom is 0.311 e. The number of nitrogens with zero attached hydrogens (tertiary/aromatic N) is 1. The van der Waals surface area contributed by atoms with Crippen molar-refractivity contribution >= 4 is 11.8 Å². The molecule has 37 heavy (non-hydrogen) atoms. The molecule has 0 spiro atoms. The van der Waals surface area contributed by atoms with Crippen molar-refractivity contribution in [2.24, 2.45) is 50.2 Å². The number of hydrogen-bond donors (Lipinski definition) is 0. The molecule has 9 atom stereocenters. The number of esters is 1. The zero-order valence-electron chi connectivity index (χ0n) is 25.4. The van der Waals surface area contributed by atoms with E-state index in [9.17, 15) is 9.59 Å². The number of ether oxygens (including phenoxy) is 1. The summed E-state index contributed by atoms with van der Waals surface area (Å²) in [4.78, 5) is 29.8. The number of carbonyl (C=O) groups excluding carboxylic acids is 2. The van der Waals surface area contributed by atoms with Crippen LogP contribution in [0.25, 0.3) is 0 Å². The van der Waals surface area contributed by atoms with E-state index in [1.54, 1.807) is 0 Å². The Kier molecular flexibility index (Phi) is 6.06. The predicted molar refractivity (Wildman–Crippen MR) is 149 cm³/mol. The molecule has 4 heteroatoms. The maximum atomic E-state index is 14.5. The normalized spacial score (nSPS) is 50.8. The number of carbonyl (C=O) groups is 2. The minimum Gasteiger partial charge on any atom is -0.469 e. The van der Waals surface area contributed by atoms with Gasteiger partial charge in [0.2, 0.25) is 0 Å². The van der Waals surface area contributed by atoms with Crippen LogP contribution in [0.5, 0.6) is 0 Å². The zero-order valence-corrected chi connectivity index (χ0v) is 25.4. The van der Waals surface area contributed by atoms with Crippen molar-refractivity contribution in [1.82, 2.24) is 4.90 Å². The highest BCUT2D eigenvalue weighted by Gasteiger charge is 2.70. The third kappa shape index (κ3) is 3.42. The van der Waals surface area contributed by atoms with Gasteiger partial charge in [0.25, 0.3) is 0 Å². The molecule has 0 aromatic rings. The highest BCUT2D eigenvalue weighted by Crippen LogP contribution is 2.75. The van der Waals surface area contributed by atoms with E-state index in [0.29, 0.717) is 17.7 Å². The van der Waals surface area contributed by atoms with Gasteiger partial charge in [-0.05, 0) is 124 Å². The average molecular weight is 512 g/mol. The fourth-order valence-corrected chi connectivity index (χ4v) is 11.5. The van der Waals surface area contributed by atoms with Gasteiger partial charge in [0.1, 0.15) is 0 Å². The molecule has 5 aliphatic carbocycles. The number of methoxy groups -OCH3 is 1. The molecule has 0 bridgehead atoms. The minimum atomic E-state index is -0.461. The van der Waals surface area contributed by atoms with E-state index in [4.69, 9.17) is 4.74 Å². The van der Waals surface area contributed by atoms with E-state index in [2.05, 4.69) is 73.5 Å². The molecule has 5 aliphatic rings. The Morgan fingerprint density at radius 1 is 0.919 bits per heavy atom. The largest absolute Gasteiger partial charge is 0.469 e. The van der Waals surface area contributed by atoms with Gasteiger partial charge in [-0.15, -0.1) is 0 Å². The van der Waals surface area contributed by atoms with Crippen LogP contribution in [0, 0.1) is 50.2 Å². The standard InChI is InChI=1S/C33H53NO3/c1-28(2)24-11-14-33(7)26(31(24,5)13-12-25(28)34(8)9)23(35)19-21-22-20-30(4,27(36)37-10)16-15-29(22,3)17-18-32(21,33)6/h19,22,24-26H,11-18,20H2,1-10H3/t22-,24-,25+,26+,29-,30+,31+,32-,33+/m1/s1. The van der Waals surface area contributed by atoms with E-state index in [-0.39, 0.29) is 44.9 Å². The van der Waals surface area contributed by atoms with Crippen LogP contribution in [0.2, 0.25) is 0 Å². The molecule has 4 saturated carbocycles. The molecular formula is C33H53NO3. The average Bonchev–Trinajstić information content (AvgIpc) is 2.80. The van der Waals surface area contributed by atoms with E-state index in [1.165, 1.54) is 31.9 Å². The van der Waals surface area contributed by atoms with Crippen LogP contribution < -0.4 is 0 Å². The van der Waals surface area contributed by atoms with Gasteiger partial charge < -0.3 is 9.64 Å². The summed E-state index contributed by atoms with van der Waals surface area (Å²) >= 11 is 0. The molecular weight excluding hydrogens is 458 g/mol. The molecule has 0 N–H and O–H groups in total. The van der Waals surface area contributed by atoms with Crippen LogP contribution in [-0.4, -0.2) is 43.9 Å². The summed E-state index contributed by atoms with van der Waals surface area (Å²) in [7, 11) is 5.98. The Bertz CT molecular complexity index is 1030. The molecule has 4 nitrogen and oxygen atoms in total. The summed E-state index contributed by atoms with van der Waals surface area (Å²) in [6, 6.07) is 0.559. The van der Waals surface area contributed by atoms with Crippen LogP contribution in [0.15, 0.2) is 11.6 Å². The summed E-state index contributed by atoms with van der Waals surface area (Å²) in [6.07, 6.45) is 11.8. The molecule has 0 aliphatic heterocycles. The van der Waals surface area contributed by atoms with Crippen molar-refractivity contribution in [2.75, 3.05) is 21.2 Å². The summed E-state index contributed by atoms with van der Waals surface area (Å²) in [6.45, 7) is 16.9. The lowest BCUT2D eigenvalue weighted by Gasteiger charge is -2.71. The Hall–Kier alpha value is -1.16. The van der Waals surface area contributed by atoms with Crippen molar-refractivity contribution < 1.29 is 14.3 Å². The van der Waals surface area contributed by atoms with Crippen LogP contribution in [-0.2, 0) is 14.3 Å². The smallest absolute Gasteiger partial charge is 0.311 e. The number of allylic oxidation sites excluding steroid dienone is 2. The van der Waals surface area contributed by atoms with Crippen LogP contribution in [0.3, 0.4) is 0 Å². The fourth-order valence-electron chi connectivity index (χ4n) is 11.5. The van der Waals surface area contributed by atoms with E-state index in [1.807, 2.05) is 0 Å². The van der Waals surface area contributed by atoms with Crippen LogP contribution in [0.1, 0.15) is 106 Å². The highest BCUT2D eigenvalue weighted by molar-refractivity contribution is 5.95. The first-order chi connectivity index (χ1) is 17.0. The molecule has 0 radical (unpaired) electrons. The van der Waals surface area contributed by atoms with E-state index in [0.717, 1.165) is 38.5 Å². The number of fused-ring (bicyclic) bond motifs is 7. The molecule has 0 amide bonds. The lowest BCUT2D eigenvalue weighted by atomic mass is 9.33. The highest BCUT2D eigenvalue weighted by atomic mass is 16.5. The molecule has 4 fully saturated rings. The molecule has 208 valence electrons. The third-order valence-electron chi connectivity index (χ3n) is 13.9. The van der Waals surface area contributed by atoms with Gasteiger partial charge >= 0.3 is 5.97 Å². The first-order valence-corrected chi connectivity index (χ1v) is 15.0. The number of ketones is 1. The Labute approximate surface area is 226 Å². The first kappa shape index (κ1) is 27.4. The van der Waals surface area contributed by atoms with Crippen LogP contribution >= 0.6 is 0 Å². The third-order valence-corrected chi connectivity index (χ3v) is 13.9. The zero-order chi connectivity index (χ0) is 27.4. The lowest BCUT2D eigenvalue weighted by molar-refractivity contribution is -0.194. The Balaban J connectivity index is 1.59. The topological polar surface area (TPSA) is 46.6 Å². The molecule has 5 rings (SSSR count). The number of hydrogen-bond acceptors (Lipinski definition) is 4. The second-order valence-corrected chi connectivity index (χ2v) is 16.1. The molecule has 0 saturated heterocycles. The quantitative estimate of drug-likeness (QED) is 0.372.